The molecule has 1 saturated carbocycles. The Morgan fingerprint density at radius 3 is 2.43 bits per heavy atom. The maximum atomic E-state index is 12.6. The van der Waals surface area contributed by atoms with Crippen molar-refractivity contribution in [2.24, 2.45) is 0 Å². The number of carbonyl (C=O) groups excluding carboxylic acids is 1. The zero-order valence-corrected chi connectivity index (χ0v) is 12.8. The summed E-state index contributed by atoms with van der Waals surface area (Å²) in [6.07, 6.45) is 3.64. The molecular weight excluding hydrogens is 262 g/mol. The van der Waals surface area contributed by atoms with Gasteiger partial charge in [-0.15, -0.1) is 0 Å². The van der Waals surface area contributed by atoms with E-state index >= 15 is 0 Å². The molecule has 0 bridgehead atoms. The number of rotatable bonds is 4. The van der Waals surface area contributed by atoms with E-state index in [2.05, 4.69) is 47.6 Å². The molecule has 1 aliphatic rings. The van der Waals surface area contributed by atoms with Crippen molar-refractivity contribution in [3.8, 4) is 0 Å². The number of carbonyl (C=O) groups is 1. The van der Waals surface area contributed by atoms with Crippen LogP contribution in [0, 0.1) is 20.8 Å². The maximum absolute atomic E-state index is 12.6. The van der Waals surface area contributed by atoms with Crippen LogP contribution in [-0.4, -0.2) is 16.1 Å². The average molecular weight is 283 g/mol. The van der Waals surface area contributed by atoms with Gasteiger partial charge in [-0.05, 0) is 39.2 Å². The van der Waals surface area contributed by atoms with Crippen LogP contribution in [0.4, 0.5) is 0 Å². The van der Waals surface area contributed by atoms with Crippen LogP contribution in [-0.2, 0) is 16.8 Å². The third kappa shape index (κ3) is 2.58. The molecule has 0 aliphatic heterocycles. The van der Waals surface area contributed by atoms with Crippen molar-refractivity contribution < 1.29 is 4.79 Å². The van der Waals surface area contributed by atoms with E-state index in [1.54, 1.807) is 6.20 Å². The zero-order chi connectivity index (χ0) is 15.0. The van der Waals surface area contributed by atoms with Crippen molar-refractivity contribution in [2.45, 2.75) is 45.6 Å². The van der Waals surface area contributed by atoms with Gasteiger partial charge in [0.15, 0.2) is 0 Å². The molecule has 0 saturated heterocycles. The first-order valence-corrected chi connectivity index (χ1v) is 7.37. The van der Waals surface area contributed by atoms with Gasteiger partial charge in [-0.1, -0.05) is 29.3 Å². The molecule has 21 heavy (non-hydrogen) atoms. The molecular formula is C17H21N3O. The minimum absolute atomic E-state index is 0.133. The number of hydrogen-bond acceptors (Lipinski definition) is 2. The molecule has 0 atom stereocenters. The van der Waals surface area contributed by atoms with Gasteiger partial charge >= 0.3 is 0 Å². The topological polar surface area (TPSA) is 57.8 Å². The zero-order valence-electron chi connectivity index (χ0n) is 12.8. The number of hydrogen-bond donors (Lipinski definition) is 2. The third-order valence-electron chi connectivity index (χ3n) is 4.33. The van der Waals surface area contributed by atoms with Crippen molar-refractivity contribution >= 4 is 5.91 Å². The molecule has 0 spiro atoms. The number of aromatic nitrogens is 2. The Balaban J connectivity index is 1.76. The van der Waals surface area contributed by atoms with Crippen LogP contribution in [0.2, 0.25) is 0 Å². The molecule has 0 unspecified atom stereocenters. The van der Waals surface area contributed by atoms with Crippen LogP contribution in [0.1, 0.15) is 40.8 Å². The molecule has 1 aromatic carbocycles. The molecule has 110 valence electrons. The molecule has 0 radical (unpaired) electrons. The molecule has 2 N–H and O–H groups in total. The summed E-state index contributed by atoms with van der Waals surface area (Å²) in [5, 5.41) is 9.94. The van der Waals surface area contributed by atoms with Gasteiger partial charge in [0, 0.05) is 17.8 Å². The van der Waals surface area contributed by atoms with Gasteiger partial charge in [0.1, 0.15) is 0 Å². The van der Waals surface area contributed by atoms with Gasteiger partial charge in [-0.2, -0.15) is 5.10 Å². The van der Waals surface area contributed by atoms with Crippen molar-refractivity contribution in [3.05, 3.63) is 52.3 Å². The second-order valence-corrected chi connectivity index (χ2v) is 6.16. The summed E-state index contributed by atoms with van der Waals surface area (Å²) in [7, 11) is 0. The van der Waals surface area contributed by atoms with E-state index in [1.165, 1.54) is 11.1 Å². The smallest absolute Gasteiger partial charge is 0.230 e. The SMILES string of the molecule is Cc1cc(C)cc(C2(C(=O)NCc3cn[nH]c3C)CC2)c1. The van der Waals surface area contributed by atoms with E-state index < -0.39 is 0 Å². The lowest BCUT2D eigenvalue weighted by Gasteiger charge is -2.17. The Hall–Kier alpha value is -2.10. The number of amides is 1. The van der Waals surface area contributed by atoms with Gasteiger partial charge < -0.3 is 5.32 Å². The standard InChI is InChI=1S/C17H21N3O/c1-11-6-12(2)8-15(7-11)17(4-5-17)16(21)18-9-14-10-19-20-13(14)3/h6-8,10H,4-5,9H2,1-3H3,(H,18,21)(H,19,20). The molecule has 4 nitrogen and oxygen atoms in total. The van der Waals surface area contributed by atoms with E-state index in [4.69, 9.17) is 0 Å². The quantitative estimate of drug-likeness (QED) is 0.906. The fraction of sp³-hybridized carbons (Fsp3) is 0.412. The molecule has 3 rings (SSSR count). The van der Waals surface area contributed by atoms with Gasteiger partial charge in [0.2, 0.25) is 5.91 Å². The monoisotopic (exact) mass is 283 g/mol. The summed E-state index contributed by atoms with van der Waals surface area (Å²) in [4.78, 5) is 12.6. The van der Waals surface area contributed by atoms with Crippen LogP contribution in [0.5, 0.6) is 0 Å². The second-order valence-electron chi connectivity index (χ2n) is 6.16. The fourth-order valence-electron chi connectivity index (χ4n) is 2.92. The highest BCUT2D eigenvalue weighted by Crippen LogP contribution is 2.48. The Kier molecular flexibility index (Phi) is 3.32. The summed E-state index contributed by atoms with van der Waals surface area (Å²) < 4.78 is 0. The van der Waals surface area contributed by atoms with Crippen molar-refractivity contribution in [1.82, 2.24) is 15.5 Å². The normalized spacial score (nSPS) is 15.8. The molecule has 4 heteroatoms. The predicted octanol–water partition coefficient (Wildman–Crippen LogP) is 2.68. The van der Waals surface area contributed by atoms with Crippen molar-refractivity contribution in [1.29, 1.82) is 0 Å². The van der Waals surface area contributed by atoms with E-state index in [0.717, 1.165) is 29.7 Å². The highest BCUT2D eigenvalue weighted by atomic mass is 16.2. The summed E-state index contributed by atoms with van der Waals surface area (Å²) in [5.74, 6) is 0.133. The largest absolute Gasteiger partial charge is 0.351 e. The van der Waals surface area contributed by atoms with Crippen LogP contribution in [0.25, 0.3) is 0 Å². The summed E-state index contributed by atoms with van der Waals surface area (Å²) in [6.45, 7) is 6.66. The molecule has 1 fully saturated rings. The van der Waals surface area contributed by atoms with Crippen molar-refractivity contribution in [2.75, 3.05) is 0 Å². The van der Waals surface area contributed by atoms with Gasteiger partial charge in [0.25, 0.3) is 0 Å². The van der Waals surface area contributed by atoms with Gasteiger partial charge in [-0.3, -0.25) is 9.89 Å². The number of nitrogens with one attached hydrogen (secondary N) is 2. The highest BCUT2D eigenvalue weighted by molar-refractivity contribution is 5.91. The fourth-order valence-corrected chi connectivity index (χ4v) is 2.92. The maximum Gasteiger partial charge on any atom is 0.230 e. The van der Waals surface area contributed by atoms with E-state index in [-0.39, 0.29) is 11.3 Å². The van der Waals surface area contributed by atoms with Crippen LogP contribution in [0.3, 0.4) is 0 Å². The minimum Gasteiger partial charge on any atom is -0.351 e. The third-order valence-corrected chi connectivity index (χ3v) is 4.33. The first-order chi connectivity index (χ1) is 10.0. The summed E-state index contributed by atoms with van der Waals surface area (Å²) in [5.41, 5.74) is 5.33. The van der Waals surface area contributed by atoms with Gasteiger partial charge in [0.05, 0.1) is 11.6 Å². The number of H-pyrrole nitrogens is 1. The highest BCUT2D eigenvalue weighted by Gasteiger charge is 2.51. The predicted molar refractivity (Wildman–Crippen MR) is 82.0 cm³/mol. The van der Waals surface area contributed by atoms with Crippen molar-refractivity contribution in [3.63, 3.8) is 0 Å². The molecule has 1 aromatic heterocycles. The molecule has 1 amide bonds. The second kappa shape index (κ2) is 5.02. The Morgan fingerprint density at radius 2 is 1.90 bits per heavy atom. The number of aryl methyl sites for hydroxylation is 3. The average Bonchev–Trinajstić information content (AvgIpc) is 3.14. The van der Waals surface area contributed by atoms with E-state index in [0.29, 0.717) is 6.54 Å². The molecule has 2 aromatic rings. The number of nitrogens with zero attached hydrogens (tertiary/aromatic N) is 1. The summed E-state index contributed by atoms with van der Waals surface area (Å²) in [6, 6.07) is 6.43. The van der Waals surface area contributed by atoms with Crippen LogP contribution >= 0.6 is 0 Å². The Labute approximate surface area is 125 Å². The Bertz CT molecular complexity index is 663. The number of benzene rings is 1. The van der Waals surface area contributed by atoms with Crippen LogP contribution < -0.4 is 5.32 Å². The Morgan fingerprint density at radius 1 is 1.24 bits per heavy atom. The van der Waals surface area contributed by atoms with Gasteiger partial charge in [-0.25, -0.2) is 0 Å². The summed E-state index contributed by atoms with van der Waals surface area (Å²) >= 11 is 0. The number of aromatic amines is 1. The van der Waals surface area contributed by atoms with E-state index in [1.807, 2.05) is 6.92 Å². The minimum atomic E-state index is -0.311. The lowest BCUT2D eigenvalue weighted by Crippen LogP contribution is -2.34. The van der Waals surface area contributed by atoms with Crippen LogP contribution in [0.15, 0.2) is 24.4 Å². The van der Waals surface area contributed by atoms with E-state index in [9.17, 15) is 4.79 Å². The lowest BCUT2D eigenvalue weighted by atomic mass is 9.92. The molecule has 1 heterocycles. The lowest BCUT2D eigenvalue weighted by molar-refractivity contribution is -0.123. The molecule has 1 aliphatic carbocycles. The first kappa shape index (κ1) is 13.9. The first-order valence-electron chi connectivity index (χ1n) is 7.37.